The largest absolute Gasteiger partial charge is 0.418 e. The Balaban J connectivity index is 0. The summed E-state index contributed by atoms with van der Waals surface area (Å²) in [6.45, 7) is 14.4. The van der Waals surface area contributed by atoms with Gasteiger partial charge < -0.3 is 14.0 Å². The molecule has 0 aliphatic carbocycles. The normalized spacial score (nSPS) is 11.1. The summed E-state index contributed by atoms with van der Waals surface area (Å²) in [4.78, 5) is 0. The van der Waals surface area contributed by atoms with E-state index in [0.717, 1.165) is 6.42 Å². The molecule has 0 unspecified atom stereocenters. The fraction of sp³-hybridized carbons (Fsp3) is 0.909. The molecule has 0 aromatic rings. The van der Waals surface area contributed by atoms with Gasteiger partial charge in [0.1, 0.15) is 7.44 Å². The van der Waals surface area contributed by atoms with Crippen LogP contribution < -0.4 is 0 Å². The van der Waals surface area contributed by atoms with E-state index in [-0.39, 0.29) is 6.61 Å². The summed E-state index contributed by atoms with van der Waals surface area (Å²) in [5.74, 6) is 0. The SMILES string of the molecule is C[Si](C)(C)OCCCO.[B][Si]#CCO[Si](C)(C)C. The molecular formula is C11H27BO3Si3. The minimum atomic E-state index is -1.31. The first kappa shape index (κ1) is 20.7. The van der Waals surface area contributed by atoms with Gasteiger partial charge in [-0.3, -0.25) is 0 Å². The molecule has 0 atom stereocenters. The molecule has 0 aromatic heterocycles. The third-order valence-electron chi connectivity index (χ3n) is 1.52. The summed E-state index contributed by atoms with van der Waals surface area (Å²) < 4.78 is 10.9. The maximum atomic E-state index is 8.40. The van der Waals surface area contributed by atoms with Crippen molar-refractivity contribution in [2.45, 2.75) is 45.7 Å². The summed E-state index contributed by atoms with van der Waals surface area (Å²) in [6.07, 6.45) is 0.768. The Morgan fingerprint density at radius 1 is 1.06 bits per heavy atom. The first-order valence-electron chi connectivity index (χ1n) is 6.19. The molecule has 0 fully saturated rings. The zero-order valence-corrected chi connectivity index (χ0v) is 15.7. The number of hydrogen-bond donors (Lipinski definition) is 1. The fourth-order valence-corrected chi connectivity index (χ4v) is 2.30. The van der Waals surface area contributed by atoms with Gasteiger partial charge in [-0.15, -0.1) is 5.50 Å². The fourth-order valence-electron chi connectivity index (χ4n) is 0.737. The van der Waals surface area contributed by atoms with Gasteiger partial charge in [0.2, 0.25) is 0 Å². The highest BCUT2D eigenvalue weighted by atomic mass is 28.4. The Bertz CT molecular complexity index is 251. The summed E-state index contributed by atoms with van der Waals surface area (Å²) in [5, 5.41) is 8.40. The van der Waals surface area contributed by atoms with E-state index < -0.39 is 16.6 Å². The maximum Gasteiger partial charge on any atom is 0.185 e. The second kappa shape index (κ2) is 11.2. The Morgan fingerprint density at radius 3 is 1.89 bits per heavy atom. The molecule has 0 saturated heterocycles. The number of rotatable bonds is 6. The zero-order valence-electron chi connectivity index (χ0n) is 12.7. The van der Waals surface area contributed by atoms with E-state index in [4.69, 9.17) is 21.4 Å². The van der Waals surface area contributed by atoms with Crippen molar-refractivity contribution >= 4 is 32.9 Å². The van der Waals surface area contributed by atoms with Gasteiger partial charge in [-0.2, -0.15) is 0 Å². The van der Waals surface area contributed by atoms with Crippen LogP contribution in [0.5, 0.6) is 0 Å². The molecule has 0 aliphatic heterocycles. The van der Waals surface area contributed by atoms with Crippen LogP contribution >= 0.6 is 0 Å². The molecular weight excluding hydrogens is 275 g/mol. The molecule has 0 amide bonds. The first-order valence-corrected chi connectivity index (χ1v) is 14.1. The molecule has 0 aromatic carbocycles. The minimum absolute atomic E-state index is 0.241. The molecule has 0 spiro atoms. The Hall–Kier alpha value is 0.376. The van der Waals surface area contributed by atoms with Crippen LogP contribution in [-0.4, -0.2) is 57.8 Å². The number of hydrogen-bond acceptors (Lipinski definition) is 3. The Morgan fingerprint density at radius 2 is 1.56 bits per heavy atom. The number of aliphatic hydroxyl groups is 1. The molecule has 0 heterocycles. The van der Waals surface area contributed by atoms with Crippen molar-refractivity contribution < 1.29 is 14.0 Å². The van der Waals surface area contributed by atoms with Gasteiger partial charge in [-0.05, 0) is 45.7 Å². The van der Waals surface area contributed by atoms with E-state index >= 15 is 0 Å². The molecule has 2 radical (unpaired) electrons. The smallest absolute Gasteiger partial charge is 0.185 e. The lowest BCUT2D eigenvalue weighted by molar-refractivity contribution is 0.230. The van der Waals surface area contributed by atoms with Crippen LogP contribution in [0.2, 0.25) is 39.3 Å². The van der Waals surface area contributed by atoms with E-state index in [9.17, 15) is 0 Å². The van der Waals surface area contributed by atoms with Gasteiger partial charge in [-0.25, -0.2) is 0 Å². The minimum Gasteiger partial charge on any atom is -0.418 e. The maximum absolute atomic E-state index is 8.40. The highest BCUT2D eigenvalue weighted by Gasteiger charge is 2.12. The van der Waals surface area contributed by atoms with Crippen molar-refractivity contribution in [2.75, 3.05) is 19.8 Å². The molecule has 104 valence electrons. The first-order chi connectivity index (χ1) is 8.12. The molecule has 1 N–H and O–H groups in total. The Labute approximate surface area is 118 Å². The van der Waals surface area contributed by atoms with Crippen molar-refractivity contribution in [1.82, 2.24) is 0 Å². The molecule has 7 heteroatoms. The lowest BCUT2D eigenvalue weighted by atomic mass is 10.5. The molecule has 0 saturated carbocycles. The summed E-state index contributed by atoms with van der Waals surface area (Å²) >= 11 is 0. The van der Waals surface area contributed by atoms with Gasteiger partial charge in [0.15, 0.2) is 16.6 Å². The predicted molar refractivity (Wildman–Crippen MR) is 85.7 cm³/mol. The van der Waals surface area contributed by atoms with E-state index in [1.165, 1.54) is 0 Å². The summed E-state index contributed by atoms with van der Waals surface area (Å²) in [5.41, 5.74) is 2.92. The van der Waals surface area contributed by atoms with E-state index in [2.05, 4.69) is 44.8 Å². The highest BCUT2D eigenvalue weighted by Crippen LogP contribution is 2.02. The monoisotopic (exact) mass is 302 g/mol. The lowest BCUT2D eigenvalue weighted by Crippen LogP contribution is -2.25. The van der Waals surface area contributed by atoms with E-state index in [1.807, 2.05) is 0 Å². The third kappa shape index (κ3) is 25.3. The summed E-state index contributed by atoms with van der Waals surface area (Å²) in [7, 11) is 2.89. The van der Waals surface area contributed by atoms with Gasteiger partial charge in [0, 0.05) is 13.2 Å². The number of aliphatic hydroxyl groups excluding tert-OH is 1. The molecule has 18 heavy (non-hydrogen) atoms. The predicted octanol–water partition coefficient (Wildman–Crippen LogP) is 1.81. The van der Waals surface area contributed by atoms with E-state index in [1.54, 1.807) is 0 Å². The van der Waals surface area contributed by atoms with Crippen LogP contribution in [0, 0.1) is 5.50 Å². The Kier molecular flexibility index (Phi) is 12.9. The second-order valence-corrected chi connectivity index (χ2v) is 15.4. The highest BCUT2D eigenvalue weighted by molar-refractivity contribution is 6.82. The van der Waals surface area contributed by atoms with Crippen LogP contribution in [0.4, 0.5) is 0 Å². The van der Waals surface area contributed by atoms with Crippen molar-refractivity contribution in [3.8, 4) is 5.50 Å². The van der Waals surface area contributed by atoms with Gasteiger partial charge in [0.05, 0.1) is 6.61 Å². The van der Waals surface area contributed by atoms with Crippen molar-refractivity contribution in [3.05, 3.63) is 0 Å². The van der Waals surface area contributed by atoms with Gasteiger partial charge in [0.25, 0.3) is 0 Å². The van der Waals surface area contributed by atoms with Crippen LogP contribution in [0.25, 0.3) is 0 Å². The average Bonchev–Trinajstić information content (AvgIpc) is 2.16. The van der Waals surface area contributed by atoms with Crippen molar-refractivity contribution in [1.29, 1.82) is 0 Å². The quantitative estimate of drug-likeness (QED) is 0.601. The third-order valence-corrected chi connectivity index (χ3v) is 3.95. The van der Waals surface area contributed by atoms with E-state index in [0.29, 0.717) is 22.0 Å². The second-order valence-electron chi connectivity index (χ2n) is 5.76. The van der Waals surface area contributed by atoms with Crippen LogP contribution in [0.3, 0.4) is 0 Å². The van der Waals surface area contributed by atoms with Crippen molar-refractivity contribution in [2.24, 2.45) is 0 Å². The van der Waals surface area contributed by atoms with Crippen LogP contribution in [0.1, 0.15) is 6.42 Å². The van der Waals surface area contributed by atoms with Gasteiger partial charge >= 0.3 is 0 Å². The average molecular weight is 302 g/mol. The molecule has 0 aliphatic rings. The summed E-state index contributed by atoms with van der Waals surface area (Å²) in [6, 6.07) is 0. The van der Waals surface area contributed by atoms with Crippen molar-refractivity contribution in [3.63, 3.8) is 0 Å². The molecule has 0 rings (SSSR count). The topological polar surface area (TPSA) is 38.7 Å². The molecule has 3 nitrogen and oxygen atoms in total. The molecule has 0 bridgehead atoms. The zero-order chi connectivity index (χ0) is 14.7. The van der Waals surface area contributed by atoms with Gasteiger partial charge in [-0.1, -0.05) is 8.83 Å². The van der Waals surface area contributed by atoms with Crippen LogP contribution in [0.15, 0.2) is 0 Å². The standard InChI is InChI=1S/C6H16O2Si.C5H11BOSi2/c1-9(2,3)8-6-4-5-7;1-9(2,3)7-4-5-8-6/h7H,4-6H2,1-3H3;4H2,1-3H3. The van der Waals surface area contributed by atoms with Crippen LogP contribution in [-0.2, 0) is 8.85 Å². The lowest BCUT2D eigenvalue weighted by Gasteiger charge is -2.15.